The molecule has 6 nitrogen and oxygen atoms in total. The number of nitrogens with one attached hydrogen (secondary N) is 1. The third-order valence-corrected chi connectivity index (χ3v) is 5.08. The second-order valence-corrected chi connectivity index (χ2v) is 7.66. The number of likely N-dealkylation sites (N-methyl/N-ethyl adjacent to an activating group) is 1. The zero-order valence-electron chi connectivity index (χ0n) is 17.9. The van der Waals surface area contributed by atoms with Gasteiger partial charge in [0.25, 0.3) is 0 Å². The molecule has 2 aromatic carbocycles. The Bertz CT molecular complexity index is 877. The molecule has 0 aliphatic carbocycles. The van der Waals surface area contributed by atoms with Gasteiger partial charge in [0.2, 0.25) is 5.91 Å². The molecule has 0 fully saturated rings. The number of ether oxygens (including phenoxy) is 1. The third-order valence-electron chi connectivity index (χ3n) is 4.68. The van der Waals surface area contributed by atoms with Crippen LogP contribution in [-0.4, -0.2) is 55.6 Å². The summed E-state index contributed by atoms with van der Waals surface area (Å²) in [6.07, 6.45) is 0. The SMILES string of the molecule is CC(=O)C(C(=O)Nc1cccc(C(=O)OCCN(C)C)c1)C(CS)c1ccccc1.Cl. The van der Waals surface area contributed by atoms with Gasteiger partial charge in [-0.15, -0.1) is 12.4 Å². The lowest BCUT2D eigenvalue weighted by molar-refractivity contribution is -0.130. The lowest BCUT2D eigenvalue weighted by Gasteiger charge is -2.23. The Morgan fingerprint density at radius 3 is 2.32 bits per heavy atom. The molecule has 0 aliphatic heterocycles. The first-order valence-corrected chi connectivity index (χ1v) is 10.4. The highest BCUT2D eigenvalue weighted by molar-refractivity contribution is 7.80. The fourth-order valence-electron chi connectivity index (χ4n) is 3.10. The van der Waals surface area contributed by atoms with E-state index in [9.17, 15) is 14.4 Å². The van der Waals surface area contributed by atoms with Crippen LogP contribution in [0.1, 0.15) is 28.8 Å². The number of carbonyl (C=O) groups excluding carboxylic acids is 3. The first-order chi connectivity index (χ1) is 14.3. The molecule has 0 aliphatic rings. The molecule has 0 saturated carbocycles. The van der Waals surface area contributed by atoms with Crippen molar-refractivity contribution in [3.8, 4) is 0 Å². The molecule has 1 amide bonds. The topological polar surface area (TPSA) is 75.7 Å². The fourth-order valence-corrected chi connectivity index (χ4v) is 3.52. The van der Waals surface area contributed by atoms with Crippen molar-refractivity contribution >= 4 is 48.4 Å². The maximum atomic E-state index is 13.0. The summed E-state index contributed by atoms with van der Waals surface area (Å²) in [5.74, 6) is -2.03. The van der Waals surface area contributed by atoms with E-state index in [1.165, 1.54) is 6.92 Å². The summed E-state index contributed by atoms with van der Waals surface area (Å²) in [6, 6.07) is 15.9. The van der Waals surface area contributed by atoms with Gasteiger partial charge in [0.05, 0.1) is 5.56 Å². The van der Waals surface area contributed by atoms with Crippen LogP contribution >= 0.6 is 25.0 Å². The maximum absolute atomic E-state index is 13.0. The molecule has 0 spiro atoms. The number of Topliss-reactive ketones (excluding diaryl/α,β-unsaturated/α-hetero) is 1. The van der Waals surface area contributed by atoms with Gasteiger partial charge in [-0.25, -0.2) is 4.79 Å². The molecule has 0 aromatic heterocycles. The van der Waals surface area contributed by atoms with Gasteiger partial charge >= 0.3 is 5.97 Å². The molecular formula is C23H29ClN2O4S. The molecule has 2 rings (SSSR count). The minimum Gasteiger partial charge on any atom is -0.461 e. The maximum Gasteiger partial charge on any atom is 0.338 e. The first kappa shape index (κ1) is 26.7. The van der Waals surface area contributed by atoms with Gasteiger partial charge < -0.3 is 15.0 Å². The number of rotatable bonds is 10. The summed E-state index contributed by atoms with van der Waals surface area (Å²) < 4.78 is 5.24. The van der Waals surface area contributed by atoms with Gasteiger partial charge in [-0.1, -0.05) is 36.4 Å². The van der Waals surface area contributed by atoms with Gasteiger partial charge in [0, 0.05) is 18.2 Å². The largest absolute Gasteiger partial charge is 0.461 e. The third kappa shape index (κ3) is 8.01. The minimum absolute atomic E-state index is 0. The van der Waals surface area contributed by atoms with E-state index in [4.69, 9.17) is 4.74 Å². The van der Waals surface area contributed by atoms with E-state index in [1.54, 1.807) is 24.3 Å². The monoisotopic (exact) mass is 464 g/mol. The van der Waals surface area contributed by atoms with Crippen LogP contribution in [0.25, 0.3) is 0 Å². The van der Waals surface area contributed by atoms with E-state index in [0.29, 0.717) is 23.5 Å². The van der Waals surface area contributed by atoms with Crippen molar-refractivity contribution in [1.82, 2.24) is 4.90 Å². The van der Waals surface area contributed by atoms with Crippen molar-refractivity contribution in [2.24, 2.45) is 5.92 Å². The average molecular weight is 465 g/mol. The average Bonchev–Trinajstić information content (AvgIpc) is 2.71. The van der Waals surface area contributed by atoms with E-state index < -0.39 is 17.8 Å². The predicted octanol–water partition coefficient (Wildman–Crippen LogP) is 3.68. The highest BCUT2D eigenvalue weighted by atomic mass is 35.5. The Morgan fingerprint density at radius 2 is 1.74 bits per heavy atom. The Balaban J connectivity index is 0.00000480. The normalized spacial score (nSPS) is 12.4. The molecule has 2 unspecified atom stereocenters. The van der Waals surface area contributed by atoms with E-state index >= 15 is 0 Å². The molecule has 168 valence electrons. The molecular weight excluding hydrogens is 436 g/mol. The zero-order valence-corrected chi connectivity index (χ0v) is 19.6. The lowest BCUT2D eigenvalue weighted by Crippen LogP contribution is -2.34. The quantitative estimate of drug-likeness (QED) is 0.318. The van der Waals surface area contributed by atoms with Crippen LogP contribution in [0.5, 0.6) is 0 Å². The molecule has 0 saturated heterocycles. The van der Waals surface area contributed by atoms with E-state index in [1.807, 2.05) is 49.3 Å². The number of thiol groups is 1. The zero-order chi connectivity index (χ0) is 22.1. The number of hydrogen-bond donors (Lipinski definition) is 2. The Kier molecular flexibility index (Phi) is 11.3. The molecule has 2 atom stereocenters. The van der Waals surface area contributed by atoms with Crippen LogP contribution in [0.3, 0.4) is 0 Å². The number of anilines is 1. The van der Waals surface area contributed by atoms with E-state index in [0.717, 1.165) is 5.56 Å². The van der Waals surface area contributed by atoms with Crippen LogP contribution in [0.2, 0.25) is 0 Å². The van der Waals surface area contributed by atoms with Gasteiger partial charge in [-0.05, 0) is 50.5 Å². The van der Waals surface area contributed by atoms with Crippen molar-refractivity contribution in [3.05, 3.63) is 65.7 Å². The number of esters is 1. The summed E-state index contributed by atoms with van der Waals surface area (Å²) >= 11 is 4.37. The molecule has 0 heterocycles. The minimum atomic E-state index is -0.888. The van der Waals surface area contributed by atoms with Gasteiger partial charge in [0.15, 0.2) is 0 Å². The molecule has 2 aromatic rings. The van der Waals surface area contributed by atoms with Crippen molar-refractivity contribution in [2.45, 2.75) is 12.8 Å². The van der Waals surface area contributed by atoms with Gasteiger partial charge in [-0.2, -0.15) is 12.6 Å². The Labute approximate surface area is 195 Å². The summed E-state index contributed by atoms with van der Waals surface area (Å²) in [5, 5.41) is 2.77. The van der Waals surface area contributed by atoms with Crippen LogP contribution in [-0.2, 0) is 14.3 Å². The number of nitrogens with zero attached hydrogens (tertiary/aromatic N) is 1. The highest BCUT2D eigenvalue weighted by Gasteiger charge is 2.32. The second kappa shape index (κ2) is 13.1. The van der Waals surface area contributed by atoms with Crippen molar-refractivity contribution in [1.29, 1.82) is 0 Å². The number of carbonyl (C=O) groups is 3. The van der Waals surface area contributed by atoms with Crippen molar-refractivity contribution in [2.75, 3.05) is 38.3 Å². The lowest BCUT2D eigenvalue weighted by atomic mass is 9.84. The van der Waals surface area contributed by atoms with E-state index in [2.05, 4.69) is 17.9 Å². The summed E-state index contributed by atoms with van der Waals surface area (Å²) in [7, 11) is 3.78. The van der Waals surface area contributed by atoms with Crippen molar-refractivity contribution in [3.63, 3.8) is 0 Å². The molecule has 8 heteroatoms. The number of benzene rings is 2. The molecule has 0 bridgehead atoms. The number of ketones is 1. The van der Waals surface area contributed by atoms with Crippen LogP contribution in [0, 0.1) is 5.92 Å². The first-order valence-electron chi connectivity index (χ1n) is 9.72. The van der Waals surface area contributed by atoms with E-state index in [-0.39, 0.29) is 30.7 Å². The van der Waals surface area contributed by atoms with Crippen LogP contribution < -0.4 is 5.32 Å². The van der Waals surface area contributed by atoms with Crippen LogP contribution in [0.15, 0.2) is 54.6 Å². The standard InChI is InChI=1S/C23H28N2O4S.ClH/c1-16(26)21(20(15-30)17-8-5-4-6-9-17)22(27)24-19-11-7-10-18(14-19)23(28)29-13-12-25(2)3;/h4-11,14,20-21,30H,12-13,15H2,1-3H3,(H,24,27);1H. The highest BCUT2D eigenvalue weighted by Crippen LogP contribution is 2.28. The van der Waals surface area contributed by atoms with Gasteiger partial charge in [-0.3, -0.25) is 9.59 Å². The van der Waals surface area contributed by atoms with Gasteiger partial charge in [0.1, 0.15) is 18.3 Å². The number of hydrogen-bond acceptors (Lipinski definition) is 6. The predicted molar refractivity (Wildman–Crippen MR) is 128 cm³/mol. The number of amides is 1. The molecule has 0 radical (unpaired) electrons. The molecule has 31 heavy (non-hydrogen) atoms. The van der Waals surface area contributed by atoms with Crippen LogP contribution in [0.4, 0.5) is 5.69 Å². The fraction of sp³-hybridized carbons (Fsp3) is 0.348. The smallest absolute Gasteiger partial charge is 0.338 e. The summed E-state index contributed by atoms with van der Waals surface area (Å²) in [5.41, 5.74) is 1.64. The Morgan fingerprint density at radius 1 is 1.06 bits per heavy atom. The summed E-state index contributed by atoms with van der Waals surface area (Å²) in [4.78, 5) is 39.4. The second-order valence-electron chi connectivity index (χ2n) is 7.30. The Hall–Kier alpha value is -2.35. The number of halogens is 1. The summed E-state index contributed by atoms with van der Waals surface area (Å²) in [6.45, 7) is 2.30. The van der Waals surface area contributed by atoms with Crippen molar-refractivity contribution < 1.29 is 19.1 Å². The molecule has 1 N–H and O–H groups in total.